The average molecular weight is 625 g/mol. The van der Waals surface area contributed by atoms with Crippen LogP contribution in [0.25, 0.3) is 0 Å². The summed E-state index contributed by atoms with van der Waals surface area (Å²) in [5.74, 6) is -1.81. The van der Waals surface area contributed by atoms with Crippen LogP contribution in [0, 0.1) is 11.8 Å². The van der Waals surface area contributed by atoms with Gasteiger partial charge in [0.15, 0.2) is 0 Å². The van der Waals surface area contributed by atoms with Crippen molar-refractivity contribution in [2.24, 2.45) is 11.8 Å². The lowest BCUT2D eigenvalue weighted by atomic mass is 9.94. The van der Waals surface area contributed by atoms with Gasteiger partial charge in [0.05, 0.1) is 24.5 Å². The Labute approximate surface area is 274 Å². The third-order valence-corrected chi connectivity index (χ3v) is 7.90. The van der Waals surface area contributed by atoms with Crippen LogP contribution in [0.5, 0.6) is 0 Å². The first-order valence-electron chi connectivity index (χ1n) is 16.1. The number of carbonyl (C=O) groups excluding carboxylic acids is 3. The van der Waals surface area contributed by atoms with Gasteiger partial charge in [-0.2, -0.15) is 0 Å². The van der Waals surface area contributed by atoms with E-state index in [9.17, 15) is 19.5 Å². The number of carbonyl (C=O) groups is 3. The number of aliphatic hydroxyl groups is 1. The summed E-state index contributed by atoms with van der Waals surface area (Å²) in [6.07, 6.45) is 7.10. The zero-order chi connectivity index (χ0) is 33.0. The number of allylic oxidation sites excluding steroid dienone is 2. The molecule has 0 aliphatic heterocycles. The van der Waals surface area contributed by atoms with E-state index in [0.717, 1.165) is 29.5 Å². The summed E-state index contributed by atoms with van der Waals surface area (Å²) in [6.45, 7) is 7.94. The number of hydrogen-bond acceptors (Lipinski definition) is 5. The van der Waals surface area contributed by atoms with Crippen LogP contribution in [0.2, 0.25) is 0 Å². The van der Waals surface area contributed by atoms with Gasteiger partial charge in [-0.15, -0.1) is 13.2 Å². The zero-order valence-electron chi connectivity index (χ0n) is 26.8. The summed E-state index contributed by atoms with van der Waals surface area (Å²) in [6, 6.07) is 28.7. The van der Waals surface area contributed by atoms with Gasteiger partial charge in [0.1, 0.15) is 6.61 Å². The summed E-state index contributed by atoms with van der Waals surface area (Å²) in [4.78, 5) is 42.0. The monoisotopic (exact) mass is 624 g/mol. The van der Waals surface area contributed by atoms with Crippen molar-refractivity contribution in [3.05, 3.63) is 133 Å². The van der Waals surface area contributed by atoms with Crippen LogP contribution < -0.4 is 5.32 Å². The molecule has 3 aromatic carbocycles. The normalized spacial score (nSPS) is 12.7. The Balaban J connectivity index is 1.71. The molecular weight excluding hydrogens is 576 g/mol. The number of amides is 2. The Morgan fingerprint density at radius 2 is 1.39 bits per heavy atom. The van der Waals surface area contributed by atoms with Crippen LogP contribution >= 0.6 is 0 Å². The highest BCUT2D eigenvalue weighted by Crippen LogP contribution is 2.19. The number of aliphatic hydroxyl groups excluding tert-OH is 1. The van der Waals surface area contributed by atoms with Gasteiger partial charge in [-0.1, -0.05) is 103 Å². The summed E-state index contributed by atoms with van der Waals surface area (Å²) < 4.78 is 5.90. The maximum Gasteiger partial charge on any atom is 0.309 e. The second-order valence-electron chi connectivity index (χ2n) is 11.6. The fourth-order valence-corrected chi connectivity index (χ4v) is 5.42. The zero-order valence-corrected chi connectivity index (χ0v) is 26.8. The first-order valence-corrected chi connectivity index (χ1v) is 16.1. The Hall–Kier alpha value is -4.49. The SMILES string of the molecule is C=CCCCC(Cc1ccccc1)C(=O)OCC(Cc1ccccc1)NC(=O)C(CC=C)CC(=O)N(CCO)Cc1ccccc1. The number of hydrogen-bond donors (Lipinski definition) is 2. The Bertz CT molecular complexity index is 1350. The molecule has 3 atom stereocenters. The molecular formula is C39H48N2O5. The third kappa shape index (κ3) is 12.9. The second-order valence-corrected chi connectivity index (χ2v) is 11.6. The summed E-state index contributed by atoms with van der Waals surface area (Å²) >= 11 is 0. The summed E-state index contributed by atoms with van der Waals surface area (Å²) in [5.41, 5.74) is 2.99. The van der Waals surface area contributed by atoms with Gasteiger partial charge in [-0.25, -0.2) is 0 Å². The highest BCUT2D eigenvalue weighted by Gasteiger charge is 2.27. The highest BCUT2D eigenvalue weighted by molar-refractivity contribution is 5.86. The predicted octanol–water partition coefficient (Wildman–Crippen LogP) is 6.08. The Morgan fingerprint density at radius 3 is 1.96 bits per heavy atom. The molecule has 0 radical (unpaired) electrons. The first-order chi connectivity index (χ1) is 22.4. The number of rotatable bonds is 21. The topological polar surface area (TPSA) is 95.9 Å². The Kier molecular flexibility index (Phi) is 16.1. The molecule has 0 saturated carbocycles. The third-order valence-electron chi connectivity index (χ3n) is 7.90. The predicted molar refractivity (Wildman–Crippen MR) is 183 cm³/mol. The van der Waals surface area contributed by atoms with Crippen molar-refractivity contribution >= 4 is 17.8 Å². The van der Waals surface area contributed by atoms with Crippen molar-refractivity contribution < 1.29 is 24.2 Å². The molecule has 3 unspecified atom stereocenters. The molecule has 0 heterocycles. The molecule has 2 N–H and O–H groups in total. The molecule has 0 aliphatic carbocycles. The number of benzene rings is 3. The lowest BCUT2D eigenvalue weighted by Gasteiger charge is -2.26. The number of nitrogens with one attached hydrogen (secondary N) is 1. The van der Waals surface area contributed by atoms with Gasteiger partial charge < -0.3 is 20.1 Å². The van der Waals surface area contributed by atoms with Gasteiger partial charge in [-0.05, 0) is 55.2 Å². The van der Waals surface area contributed by atoms with Crippen LogP contribution in [0.15, 0.2) is 116 Å². The van der Waals surface area contributed by atoms with Crippen LogP contribution in [0.4, 0.5) is 0 Å². The lowest BCUT2D eigenvalue weighted by molar-refractivity contribution is -0.150. The van der Waals surface area contributed by atoms with Gasteiger partial charge in [0.25, 0.3) is 0 Å². The van der Waals surface area contributed by atoms with Gasteiger partial charge in [0, 0.05) is 19.5 Å². The molecule has 3 aromatic rings. The molecule has 0 fully saturated rings. The van der Waals surface area contributed by atoms with E-state index < -0.39 is 12.0 Å². The fourth-order valence-electron chi connectivity index (χ4n) is 5.42. The molecule has 3 rings (SSSR count). The number of unbranched alkanes of at least 4 members (excludes halogenated alkanes) is 1. The summed E-state index contributed by atoms with van der Waals surface area (Å²) in [5, 5.41) is 12.7. The molecule has 7 heteroatoms. The molecule has 244 valence electrons. The van der Waals surface area contributed by atoms with Crippen LogP contribution in [0.3, 0.4) is 0 Å². The van der Waals surface area contributed by atoms with Crippen molar-refractivity contribution in [3.8, 4) is 0 Å². The average Bonchev–Trinajstić information content (AvgIpc) is 3.07. The maximum absolute atomic E-state index is 13.7. The molecule has 0 aromatic heterocycles. The number of esters is 1. The van der Waals surface area contributed by atoms with E-state index in [0.29, 0.717) is 32.2 Å². The lowest BCUT2D eigenvalue weighted by Crippen LogP contribution is -2.45. The second kappa shape index (κ2) is 20.5. The van der Waals surface area contributed by atoms with Crippen molar-refractivity contribution in [3.63, 3.8) is 0 Å². The molecule has 2 amide bonds. The molecule has 0 saturated heterocycles. The largest absolute Gasteiger partial charge is 0.463 e. The van der Waals surface area contributed by atoms with Crippen molar-refractivity contribution in [1.29, 1.82) is 0 Å². The van der Waals surface area contributed by atoms with Crippen molar-refractivity contribution in [1.82, 2.24) is 10.2 Å². The van der Waals surface area contributed by atoms with Crippen LogP contribution in [-0.2, 0) is 38.5 Å². The minimum absolute atomic E-state index is 0.00557. The first kappa shape index (κ1) is 36.0. The van der Waals surface area contributed by atoms with E-state index in [1.54, 1.807) is 11.0 Å². The maximum atomic E-state index is 13.7. The van der Waals surface area contributed by atoms with Crippen molar-refractivity contribution in [2.75, 3.05) is 19.8 Å². The molecule has 0 spiro atoms. The standard InChI is InChI=1S/C39H48N2O5/c1-3-5-9-23-35(26-31-17-10-6-11-18-31)39(45)46-30-36(27-32-19-12-7-13-20-32)40-38(44)34(16-4-2)28-37(43)41(24-25-42)29-33-21-14-8-15-22-33/h3-4,6-8,10-15,17-22,34-36,42H,1-2,5,9,16,23-30H2,(H,40,44). The minimum atomic E-state index is -0.666. The quantitative estimate of drug-likeness (QED) is 0.0852. The van der Waals surface area contributed by atoms with Gasteiger partial charge in [-0.3, -0.25) is 14.4 Å². The minimum Gasteiger partial charge on any atom is -0.463 e. The molecule has 7 nitrogen and oxygen atoms in total. The Morgan fingerprint density at radius 1 is 0.804 bits per heavy atom. The molecule has 46 heavy (non-hydrogen) atoms. The van der Waals surface area contributed by atoms with E-state index >= 15 is 0 Å². The van der Waals surface area contributed by atoms with E-state index in [1.165, 1.54) is 0 Å². The van der Waals surface area contributed by atoms with Gasteiger partial charge >= 0.3 is 5.97 Å². The smallest absolute Gasteiger partial charge is 0.309 e. The number of ether oxygens (including phenoxy) is 1. The highest BCUT2D eigenvalue weighted by atomic mass is 16.5. The van der Waals surface area contributed by atoms with Crippen molar-refractivity contribution in [2.45, 2.75) is 57.5 Å². The van der Waals surface area contributed by atoms with E-state index in [4.69, 9.17) is 4.74 Å². The van der Waals surface area contributed by atoms with E-state index in [2.05, 4.69) is 18.5 Å². The molecule has 0 bridgehead atoms. The fraction of sp³-hybridized carbons (Fsp3) is 0.359. The summed E-state index contributed by atoms with van der Waals surface area (Å²) in [7, 11) is 0. The van der Waals surface area contributed by atoms with Gasteiger partial charge in [0.2, 0.25) is 11.8 Å². The number of nitrogens with zero attached hydrogens (tertiary/aromatic N) is 1. The van der Waals surface area contributed by atoms with E-state index in [1.807, 2.05) is 97.1 Å². The van der Waals surface area contributed by atoms with Crippen LogP contribution in [0.1, 0.15) is 48.8 Å². The molecule has 0 aliphatic rings. The van der Waals surface area contributed by atoms with E-state index in [-0.39, 0.29) is 49.9 Å². The van der Waals surface area contributed by atoms with Crippen LogP contribution in [-0.4, -0.2) is 53.6 Å².